The fourth-order valence-electron chi connectivity index (χ4n) is 2.84. The Hall–Kier alpha value is -2.28. The molecular weight excluding hydrogens is 314 g/mol. The van der Waals surface area contributed by atoms with E-state index in [0.29, 0.717) is 0 Å². The van der Waals surface area contributed by atoms with Gasteiger partial charge in [-0.2, -0.15) is 0 Å². The number of benzene rings is 2. The van der Waals surface area contributed by atoms with Gasteiger partial charge in [0.25, 0.3) is 0 Å². The lowest BCUT2D eigenvalue weighted by atomic mass is 10.0. The highest BCUT2D eigenvalue weighted by molar-refractivity contribution is 6.11. The Kier molecular flexibility index (Phi) is 11.9. The molecule has 2 aromatic carbocycles. The Morgan fingerprint density at radius 1 is 0.923 bits per heavy atom. The summed E-state index contributed by atoms with van der Waals surface area (Å²) in [5, 5.41) is 2.61. The summed E-state index contributed by atoms with van der Waals surface area (Å²) in [6.45, 7) is 18.2. The Labute approximate surface area is 161 Å². The summed E-state index contributed by atoms with van der Waals surface area (Å²) in [7, 11) is 2.13. The minimum atomic E-state index is 1.18. The molecule has 1 heteroatoms. The van der Waals surface area contributed by atoms with Crippen LogP contribution < -0.4 is 0 Å². The Bertz CT molecular complexity index is 819. The quantitative estimate of drug-likeness (QED) is 0.436. The van der Waals surface area contributed by atoms with Gasteiger partial charge in [0.1, 0.15) is 0 Å². The van der Waals surface area contributed by atoms with Crippen LogP contribution in [0.5, 0.6) is 0 Å². The van der Waals surface area contributed by atoms with E-state index in [1.54, 1.807) is 0 Å². The van der Waals surface area contributed by atoms with Crippen molar-refractivity contribution in [3.05, 3.63) is 60.2 Å². The summed E-state index contributed by atoms with van der Waals surface area (Å²) in [6, 6.07) is 12.9. The lowest BCUT2D eigenvalue weighted by Crippen LogP contribution is -1.91. The van der Waals surface area contributed by atoms with Gasteiger partial charge in [0, 0.05) is 28.9 Å². The van der Waals surface area contributed by atoms with Crippen LogP contribution in [0.1, 0.15) is 66.0 Å². The van der Waals surface area contributed by atoms with E-state index < -0.39 is 0 Å². The SMILES string of the molecule is C=Cc1ccc2c3ccccc3n(C)c2c1/C=C\C.CC.CC.CCC. The van der Waals surface area contributed by atoms with Crippen molar-refractivity contribution in [1.82, 2.24) is 4.57 Å². The number of aromatic nitrogens is 1. The van der Waals surface area contributed by atoms with Crippen LogP contribution in [0.3, 0.4) is 0 Å². The van der Waals surface area contributed by atoms with E-state index >= 15 is 0 Å². The van der Waals surface area contributed by atoms with Crippen LogP contribution in [0.15, 0.2) is 49.1 Å². The monoisotopic (exact) mass is 351 g/mol. The summed E-state index contributed by atoms with van der Waals surface area (Å²) in [5.41, 5.74) is 4.96. The molecule has 0 unspecified atom stereocenters. The van der Waals surface area contributed by atoms with Crippen molar-refractivity contribution in [2.45, 2.75) is 54.9 Å². The maximum absolute atomic E-state index is 3.92. The van der Waals surface area contributed by atoms with Crippen molar-refractivity contribution in [3.63, 3.8) is 0 Å². The number of aryl methyl sites for hydroxylation is 1. The molecule has 0 radical (unpaired) electrons. The Morgan fingerprint density at radius 3 is 2.04 bits per heavy atom. The van der Waals surface area contributed by atoms with Gasteiger partial charge in [-0.1, -0.05) is 103 Å². The number of hydrogen-bond acceptors (Lipinski definition) is 0. The van der Waals surface area contributed by atoms with E-state index in [4.69, 9.17) is 0 Å². The first-order chi connectivity index (χ1) is 12.7. The average Bonchev–Trinajstić information content (AvgIpc) is 2.99. The largest absolute Gasteiger partial charge is 0.343 e. The second kappa shape index (κ2) is 13.0. The van der Waals surface area contributed by atoms with E-state index in [2.05, 4.69) is 80.6 Å². The van der Waals surface area contributed by atoms with Crippen LogP contribution in [0.25, 0.3) is 34.0 Å². The number of hydrogen-bond donors (Lipinski definition) is 0. The topological polar surface area (TPSA) is 4.93 Å². The third-order valence-electron chi connectivity index (χ3n) is 3.70. The molecule has 0 aliphatic heterocycles. The Balaban J connectivity index is 0.000000793. The maximum Gasteiger partial charge on any atom is 0.0568 e. The minimum absolute atomic E-state index is 1.18. The molecule has 0 spiro atoms. The summed E-state index contributed by atoms with van der Waals surface area (Å²) in [5.74, 6) is 0. The first kappa shape index (κ1) is 23.7. The molecule has 0 aliphatic carbocycles. The predicted octanol–water partition coefficient (Wildman–Crippen LogP) is 8.48. The smallest absolute Gasteiger partial charge is 0.0568 e. The highest BCUT2D eigenvalue weighted by atomic mass is 14.9. The standard InChI is InChI=1S/C18H17N.C3H8.2C2H6/c1-4-8-14-13(5-2)11-12-16-15-9-6-7-10-17(15)19(3)18(14)16;1-3-2;2*1-2/h4-12H,2H2,1,3H3;3H2,1-2H3;2*1-2H3/b8-4-;;;. The number of fused-ring (bicyclic) bond motifs is 3. The van der Waals surface area contributed by atoms with Crippen molar-refractivity contribution in [3.8, 4) is 0 Å². The maximum atomic E-state index is 3.92. The van der Waals surface area contributed by atoms with Gasteiger partial charge in [-0.3, -0.25) is 0 Å². The van der Waals surface area contributed by atoms with Gasteiger partial charge in [0.05, 0.1) is 5.52 Å². The summed E-state index contributed by atoms with van der Waals surface area (Å²) >= 11 is 0. The normalized spacial score (nSPS) is 9.69. The van der Waals surface area contributed by atoms with E-state index in [0.717, 1.165) is 0 Å². The van der Waals surface area contributed by atoms with E-state index in [1.165, 1.54) is 39.4 Å². The zero-order valence-corrected chi connectivity index (χ0v) is 18.1. The second-order valence-corrected chi connectivity index (χ2v) is 5.45. The fraction of sp³-hybridized carbons (Fsp3) is 0.360. The zero-order valence-electron chi connectivity index (χ0n) is 18.1. The number of para-hydroxylation sites is 1. The molecule has 0 atom stereocenters. The molecule has 1 nitrogen and oxygen atoms in total. The van der Waals surface area contributed by atoms with E-state index in [1.807, 2.05) is 40.7 Å². The van der Waals surface area contributed by atoms with Gasteiger partial charge in [-0.25, -0.2) is 0 Å². The number of rotatable bonds is 2. The summed E-state index contributed by atoms with van der Waals surface area (Å²) < 4.78 is 2.27. The van der Waals surface area contributed by atoms with Crippen LogP contribution in [0, 0.1) is 0 Å². The van der Waals surface area contributed by atoms with Gasteiger partial charge >= 0.3 is 0 Å². The van der Waals surface area contributed by atoms with Crippen LogP contribution in [-0.2, 0) is 7.05 Å². The van der Waals surface area contributed by atoms with Gasteiger partial charge in [-0.05, 0) is 18.6 Å². The minimum Gasteiger partial charge on any atom is -0.343 e. The second-order valence-electron chi connectivity index (χ2n) is 5.45. The molecule has 0 fully saturated rings. The molecule has 1 heterocycles. The Morgan fingerprint density at radius 2 is 1.50 bits per heavy atom. The van der Waals surface area contributed by atoms with Crippen LogP contribution in [0.2, 0.25) is 0 Å². The van der Waals surface area contributed by atoms with Crippen LogP contribution in [-0.4, -0.2) is 4.57 Å². The third-order valence-corrected chi connectivity index (χ3v) is 3.70. The van der Waals surface area contributed by atoms with Gasteiger partial charge in [0.2, 0.25) is 0 Å². The first-order valence-electron chi connectivity index (χ1n) is 9.94. The lowest BCUT2D eigenvalue weighted by Gasteiger charge is -2.06. The van der Waals surface area contributed by atoms with Gasteiger partial charge in [0.15, 0.2) is 0 Å². The highest BCUT2D eigenvalue weighted by Gasteiger charge is 2.11. The molecule has 0 saturated carbocycles. The first-order valence-corrected chi connectivity index (χ1v) is 9.94. The molecule has 1 aromatic heterocycles. The van der Waals surface area contributed by atoms with Crippen molar-refractivity contribution >= 4 is 34.0 Å². The van der Waals surface area contributed by atoms with Crippen LogP contribution >= 0.6 is 0 Å². The van der Waals surface area contributed by atoms with E-state index in [-0.39, 0.29) is 0 Å². The lowest BCUT2D eigenvalue weighted by molar-refractivity contribution is 1.01. The van der Waals surface area contributed by atoms with Crippen molar-refractivity contribution in [1.29, 1.82) is 0 Å². The molecule has 0 amide bonds. The number of nitrogens with zero attached hydrogens (tertiary/aromatic N) is 1. The highest BCUT2D eigenvalue weighted by Crippen LogP contribution is 2.32. The molecule has 3 aromatic rings. The fourth-order valence-corrected chi connectivity index (χ4v) is 2.84. The predicted molar refractivity (Wildman–Crippen MR) is 124 cm³/mol. The van der Waals surface area contributed by atoms with Crippen molar-refractivity contribution in [2.75, 3.05) is 0 Å². The van der Waals surface area contributed by atoms with Crippen molar-refractivity contribution in [2.24, 2.45) is 7.05 Å². The molecular formula is C25H37N. The third kappa shape index (κ3) is 5.11. The molecule has 0 aliphatic rings. The van der Waals surface area contributed by atoms with Gasteiger partial charge in [-0.15, -0.1) is 0 Å². The van der Waals surface area contributed by atoms with Crippen molar-refractivity contribution < 1.29 is 0 Å². The molecule has 0 saturated heterocycles. The summed E-state index contributed by atoms with van der Waals surface area (Å²) in [4.78, 5) is 0. The number of allylic oxidation sites excluding steroid dienone is 1. The van der Waals surface area contributed by atoms with Crippen LogP contribution in [0.4, 0.5) is 0 Å². The molecule has 142 valence electrons. The summed E-state index contributed by atoms with van der Waals surface area (Å²) in [6.07, 6.45) is 7.42. The zero-order chi connectivity index (χ0) is 20.1. The molecule has 0 N–H and O–H groups in total. The van der Waals surface area contributed by atoms with E-state index in [9.17, 15) is 0 Å². The molecule has 0 bridgehead atoms. The van der Waals surface area contributed by atoms with Gasteiger partial charge < -0.3 is 4.57 Å². The average molecular weight is 352 g/mol. The molecule has 26 heavy (non-hydrogen) atoms. The molecule has 3 rings (SSSR count).